The molecule has 0 unspecified atom stereocenters. The summed E-state index contributed by atoms with van der Waals surface area (Å²) in [7, 11) is 0. The smallest absolute Gasteiger partial charge is 0.310 e. The normalized spacial score (nSPS) is 32.1. The van der Waals surface area contributed by atoms with Crippen molar-refractivity contribution in [3.8, 4) is 0 Å². The van der Waals surface area contributed by atoms with Crippen LogP contribution in [0.1, 0.15) is 155 Å². The molecule has 3 rings (SSSR count). The average molecular weight is 433 g/mol. The van der Waals surface area contributed by atoms with Crippen LogP contribution in [0.3, 0.4) is 0 Å². The third-order valence-electron chi connectivity index (χ3n) is 10.3. The Morgan fingerprint density at radius 3 is 1.90 bits per heavy atom. The minimum absolute atomic E-state index is 0.0639. The van der Waals surface area contributed by atoms with E-state index in [4.69, 9.17) is 0 Å². The van der Waals surface area contributed by atoms with Crippen molar-refractivity contribution in [2.75, 3.05) is 0 Å². The number of hydrogen-bond donors (Lipinski definition) is 1. The van der Waals surface area contributed by atoms with E-state index >= 15 is 0 Å². The van der Waals surface area contributed by atoms with Crippen LogP contribution in [-0.2, 0) is 4.79 Å². The maximum absolute atomic E-state index is 12.8. The number of rotatable bonds is 11. The molecule has 31 heavy (non-hydrogen) atoms. The van der Waals surface area contributed by atoms with Gasteiger partial charge in [-0.15, -0.1) is 0 Å². The molecule has 3 aliphatic rings. The Kier molecular flexibility index (Phi) is 9.35. The molecule has 0 atom stereocenters. The largest absolute Gasteiger partial charge is 0.481 e. The molecule has 3 saturated carbocycles. The fourth-order valence-electron chi connectivity index (χ4n) is 8.46. The molecule has 0 heterocycles. The number of carbonyl (C=O) groups is 1. The summed E-state index contributed by atoms with van der Waals surface area (Å²) in [6, 6.07) is 0. The summed E-state index contributed by atoms with van der Waals surface area (Å²) in [5.74, 6) is 0.463. The highest BCUT2D eigenvalue weighted by molar-refractivity contribution is 5.76. The van der Waals surface area contributed by atoms with Crippen molar-refractivity contribution in [2.45, 2.75) is 155 Å². The molecular weight excluding hydrogens is 380 g/mol. The summed E-state index contributed by atoms with van der Waals surface area (Å²) in [6.45, 7) is 4.60. The highest BCUT2D eigenvalue weighted by Gasteiger charge is 2.58. The highest BCUT2D eigenvalue weighted by Crippen LogP contribution is 2.64. The number of hydrogen-bond acceptors (Lipinski definition) is 1. The molecular formula is C29H52O2. The first kappa shape index (κ1) is 25.1. The lowest BCUT2D eigenvalue weighted by molar-refractivity contribution is -0.171. The maximum Gasteiger partial charge on any atom is 0.310 e. The summed E-state index contributed by atoms with van der Waals surface area (Å²) in [6.07, 6.45) is 28.2. The van der Waals surface area contributed by atoms with Gasteiger partial charge in [0.25, 0.3) is 0 Å². The second kappa shape index (κ2) is 11.6. The van der Waals surface area contributed by atoms with Crippen LogP contribution in [0.2, 0.25) is 0 Å². The van der Waals surface area contributed by atoms with Crippen LogP contribution in [0, 0.1) is 22.2 Å². The standard InChI is InChI=1S/C29H52O2/c1-3-5-6-7-12-18-27(25-15-10-8-11-16-25)21-23-28(17-4-2,24-22-27)29(26(30)31)19-13-9-14-20-29/h25H,3-24H2,1-2H3,(H,30,31). The molecule has 2 heteroatoms. The third kappa shape index (κ3) is 5.35. The van der Waals surface area contributed by atoms with E-state index in [-0.39, 0.29) is 5.41 Å². The van der Waals surface area contributed by atoms with Gasteiger partial charge in [-0.3, -0.25) is 4.79 Å². The zero-order chi connectivity index (χ0) is 22.2. The fraction of sp³-hybridized carbons (Fsp3) is 0.966. The number of aliphatic carboxylic acids is 1. The second-order valence-electron chi connectivity index (χ2n) is 11.8. The molecule has 0 aromatic carbocycles. The van der Waals surface area contributed by atoms with Crippen molar-refractivity contribution in [2.24, 2.45) is 22.2 Å². The summed E-state index contributed by atoms with van der Waals surface area (Å²) in [4.78, 5) is 12.8. The zero-order valence-electron chi connectivity index (χ0n) is 21.0. The van der Waals surface area contributed by atoms with Crippen LogP contribution in [0.15, 0.2) is 0 Å². The van der Waals surface area contributed by atoms with Gasteiger partial charge in [-0.25, -0.2) is 0 Å². The van der Waals surface area contributed by atoms with Gasteiger partial charge in [-0.2, -0.15) is 0 Å². The van der Waals surface area contributed by atoms with Gasteiger partial charge >= 0.3 is 5.97 Å². The Morgan fingerprint density at radius 2 is 1.32 bits per heavy atom. The lowest BCUT2D eigenvalue weighted by Gasteiger charge is -2.58. The molecule has 1 N–H and O–H groups in total. The average Bonchev–Trinajstić information content (AvgIpc) is 2.81. The van der Waals surface area contributed by atoms with Crippen LogP contribution >= 0.6 is 0 Å². The van der Waals surface area contributed by atoms with Gasteiger partial charge in [0.1, 0.15) is 0 Å². The van der Waals surface area contributed by atoms with Gasteiger partial charge in [-0.05, 0) is 81.0 Å². The van der Waals surface area contributed by atoms with E-state index in [0.717, 1.165) is 44.4 Å². The van der Waals surface area contributed by atoms with E-state index in [1.165, 1.54) is 103 Å². The van der Waals surface area contributed by atoms with Crippen LogP contribution in [0.5, 0.6) is 0 Å². The Morgan fingerprint density at radius 1 is 0.710 bits per heavy atom. The number of unbranched alkanes of at least 4 members (excludes halogenated alkanes) is 4. The molecule has 0 radical (unpaired) electrons. The summed E-state index contributed by atoms with van der Waals surface area (Å²) in [5, 5.41) is 10.5. The van der Waals surface area contributed by atoms with E-state index in [1.54, 1.807) is 0 Å². The van der Waals surface area contributed by atoms with Crippen LogP contribution < -0.4 is 0 Å². The summed E-state index contributed by atoms with van der Waals surface area (Å²) in [5.41, 5.74) is 0.160. The highest BCUT2D eigenvalue weighted by atomic mass is 16.4. The summed E-state index contributed by atoms with van der Waals surface area (Å²) >= 11 is 0. The molecule has 0 aromatic rings. The Hall–Kier alpha value is -0.530. The van der Waals surface area contributed by atoms with Crippen molar-refractivity contribution >= 4 is 5.97 Å². The first-order valence-electron chi connectivity index (χ1n) is 14.3. The van der Waals surface area contributed by atoms with E-state index in [0.29, 0.717) is 5.41 Å². The minimum atomic E-state index is -0.453. The maximum atomic E-state index is 12.8. The fourth-order valence-corrected chi connectivity index (χ4v) is 8.46. The lowest BCUT2D eigenvalue weighted by atomic mass is 9.46. The van der Waals surface area contributed by atoms with Crippen molar-refractivity contribution in [3.05, 3.63) is 0 Å². The van der Waals surface area contributed by atoms with Crippen molar-refractivity contribution in [1.82, 2.24) is 0 Å². The van der Waals surface area contributed by atoms with E-state index in [2.05, 4.69) is 13.8 Å². The van der Waals surface area contributed by atoms with Crippen molar-refractivity contribution in [1.29, 1.82) is 0 Å². The van der Waals surface area contributed by atoms with Crippen molar-refractivity contribution < 1.29 is 9.90 Å². The van der Waals surface area contributed by atoms with Gasteiger partial charge in [0.05, 0.1) is 5.41 Å². The predicted octanol–water partition coefficient (Wildman–Crippen LogP) is 9.31. The van der Waals surface area contributed by atoms with Crippen LogP contribution in [0.25, 0.3) is 0 Å². The molecule has 0 bridgehead atoms. The molecule has 0 aliphatic heterocycles. The lowest BCUT2D eigenvalue weighted by Crippen LogP contribution is -2.53. The van der Waals surface area contributed by atoms with Gasteiger partial charge in [0, 0.05) is 0 Å². The Balaban J connectivity index is 1.78. The minimum Gasteiger partial charge on any atom is -0.481 e. The van der Waals surface area contributed by atoms with E-state index < -0.39 is 11.4 Å². The quantitative estimate of drug-likeness (QED) is 0.330. The first-order chi connectivity index (χ1) is 15.0. The van der Waals surface area contributed by atoms with Crippen molar-refractivity contribution in [3.63, 3.8) is 0 Å². The molecule has 180 valence electrons. The molecule has 2 nitrogen and oxygen atoms in total. The third-order valence-corrected chi connectivity index (χ3v) is 10.3. The number of carboxylic acids is 1. The molecule has 0 amide bonds. The second-order valence-corrected chi connectivity index (χ2v) is 11.8. The molecule has 3 fully saturated rings. The van der Waals surface area contributed by atoms with Crippen LogP contribution in [0.4, 0.5) is 0 Å². The van der Waals surface area contributed by atoms with E-state index in [1.807, 2.05) is 0 Å². The van der Waals surface area contributed by atoms with Gasteiger partial charge in [0.15, 0.2) is 0 Å². The van der Waals surface area contributed by atoms with Crippen LogP contribution in [-0.4, -0.2) is 11.1 Å². The Bertz CT molecular complexity index is 531. The van der Waals surface area contributed by atoms with E-state index in [9.17, 15) is 9.90 Å². The summed E-state index contributed by atoms with van der Waals surface area (Å²) < 4.78 is 0. The molecule has 0 aromatic heterocycles. The first-order valence-corrected chi connectivity index (χ1v) is 14.3. The number of carboxylic acid groups (broad SMARTS) is 1. The van der Waals surface area contributed by atoms with Gasteiger partial charge < -0.3 is 5.11 Å². The SMILES string of the molecule is CCCCCCCC1(C2CCCCC2)CCC(CCC)(C2(C(=O)O)CCCCC2)CC1. The molecule has 0 saturated heterocycles. The van der Waals surface area contributed by atoms with Gasteiger partial charge in [-0.1, -0.05) is 90.9 Å². The Labute approximate surface area is 193 Å². The predicted molar refractivity (Wildman–Crippen MR) is 131 cm³/mol. The topological polar surface area (TPSA) is 37.3 Å². The molecule has 3 aliphatic carbocycles. The molecule has 0 spiro atoms. The zero-order valence-corrected chi connectivity index (χ0v) is 21.0. The van der Waals surface area contributed by atoms with Gasteiger partial charge in [0.2, 0.25) is 0 Å². The monoisotopic (exact) mass is 432 g/mol.